The molecule has 12 heteroatoms. The van der Waals surface area contributed by atoms with E-state index in [0.717, 1.165) is 18.5 Å². The number of aromatic nitrogens is 4. The van der Waals surface area contributed by atoms with E-state index >= 15 is 0 Å². The van der Waals surface area contributed by atoms with Crippen molar-refractivity contribution < 1.29 is 0 Å². The molecule has 0 saturated heterocycles. The normalized spacial score (nSPS) is 13.5. The van der Waals surface area contributed by atoms with Gasteiger partial charge in [0.15, 0.2) is 11.4 Å². The highest BCUT2D eigenvalue weighted by atomic mass is 35.5. The average molecular weight is 528 g/mol. The number of rotatable bonds is 7. The molecular weight excluding hydrogens is 506 g/mol. The monoisotopic (exact) mass is 527 g/mol. The van der Waals surface area contributed by atoms with Gasteiger partial charge < -0.3 is 0 Å². The van der Waals surface area contributed by atoms with E-state index in [-0.39, 0.29) is 27.8 Å². The third kappa shape index (κ3) is 4.91. The van der Waals surface area contributed by atoms with Gasteiger partial charge >= 0.3 is 0 Å². The second-order valence-electron chi connectivity index (χ2n) is 8.47. The van der Waals surface area contributed by atoms with Crippen LogP contribution in [0.25, 0.3) is 11.4 Å². The zero-order chi connectivity index (χ0) is 26.6. The predicted molar refractivity (Wildman–Crippen MR) is 146 cm³/mol. The Morgan fingerprint density at radius 1 is 0.974 bits per heavy atom. The van der Waals surface area contributed by atoms with E-state index in [4.69, 9.17) is 11.6 Å². The van der Waals surface area contributed by atoms with Gasteiger partial charge in [-0.3, -0.25) is 9.89 Å². The van der Waals surface area contributed by atoms with Crippen molar-refractivity contribution in [1.82, 2.24) is 19.6 Å². The van der Waals surface area contributed by atoms with E-state index in [1.807, 2.05) is 36.4 Å². The summed E-state index contributed by atoms with van der Waals surface area (Å²) in [4.78, 5) is 24.4. The highest BCUT2D eigenvalue weighted by Crippen LogP contribution is 2.37. The Morgan fingerprint density at radius 2 is 1.76 bits per heavy atom. The number of nitroso groups, excluding NO2 is 1. The van der Waals surface area contributed by atoms with Crippen LogP contribution in [0.3, 0.4) is 0 Å². The van der Waals surface area contributed by atoms with Crippen LogP contribution in [0.5, 0.6) is 0 Å². The van der Waals surface area contributed by atoms with Crippen LogP contribution in [0, 0.1) is 18.8 Å². The van der Waals surface area contributed by atoms with Gasteiger partial charge in [0.25, 0.3) is 5.56 Å². The number of hydrogen-bond donors (Lipinski definition) is 1. The van der Waals surface area contributed by atoms with Crippen LogP contribution in [0.1, 0.15) is 24.2 Å². The van der Waals surface area contributed by atoms with Crippen molar-refractivity contribution in [2.45, 2.75) is 26.7 Å². The van der Waals surface area contributed by atoms with Crippen LogP contribution in [-0.4, -0.2) is 19.6 Å². The molecule has 190 valence electrons. The van der Waals surface area contributed by atoms with Crippen LogP contribution >= 0.6 is 11.6 Å². The zero-order valence-corrected chi connectivity index (χ0v) is 21.3. The third-order valence-electron chi connectivity index (χ3n) is 5.82. The number of aromatic amines is 1. The maximum atomic E-state index is 12.8. The summed E-state index contributed by atoms with van der Waals surface area (Å²) in [6.07, 6.45) is 7.74. The van der Waals surface area contributed by atoms with Gasteiger partial charge in [0.2, 0.25) is 5.82 Å². The largest absolute Gasteiger partial charge is 0.299 e. The fourth-order valence-corrected chi connectivity index (χ4v) is 4.12. The second kappa shape index (κ2) is 10.7. The number of halogens is 1. The third-order valence-corrected chi connectivity index (χ3v) is 6.12. The number of H-pyrrole nitrogens is 1. The van der Waals surface area contributed by atoms with Gasteiger partial charge in [-0.2, -0.15) is 10.2 Å². The van der Waals surface area contributed by atoms with Gasteiger partial charge in [-0.25, -0.2) is 9.36 Å². The molecule has 0 bridgehead atoms. The second-order valence-corrected chi connectivity index (χ2v) is 8.87. The Labute approximate surface area is 221 Å². The molecule has 0 saturated carbocycles. The fraction of sp³-hybridized carbons (Fsp3) is 0.154. The zero-order valence-electron chi connectivity index (χ0n) is 20.5. The lowest BCUT2D eigenvalue weighted by atomic mass is 10.1. The molecule has 2 aromatic heterocycles. The summed E-state index contributed by atoms with van der Waals surface area (Å²) < 4.78 is 2.88. The minimum atomic E-state index is -0.286. The first-order valence-corrected chi connectivity index (χ1v) is 12.1. The van der Waals surface area contributed by atoms with Gasteiger partial charge in [0, 0.05) is 0 Å². The van der Waals surface area contributed by atoms with Gasteiger partial charge in [0.05, 0.1) is 33.5 Å². The molecule has 2 heterocycles. The number of hydrogen-bond acceptors (Lipinski definition) is 8. The maximum absolute atomic E-state index is 12.8. The number of aryl methyl sites for hydroxylation is 2. The lowest BCUT2D eigenvalue weighted by Crippen LogP contribution is -2.15. The highest BCUT2D eigenvalue weighted by molar-refractivity contribution is 6.33. The Balaban J connectivity index is 1.38. The minimum Gasteiger partial charge on any atom is -0.293 e. The molecule has 0 atom stereocenters. The van der Waals surface area contributed by atoms with Gasteiger partial charge in [0.1, 0.15) is 5.69 Å². The topological polar surface area (TPSA) is 134 Å². The number of allylic oxidation sites excluding steroid dienone is 4. The van der Waals surface area contributed by atoms with Crippen LogP contribution in [0.4, 0.5) is 28.6 Å². The minimum absolute atomic E-state index is 0.0333. The Kier molecular flexibility index (Phi) is 7.00. The molecule has 5 rings (SSSR count). The molecule has 0 unspecified atom stereocenters. The van der Waals surface area contributed by atoms with E-state index in [1.54, 1.807) is 44.2 Å². The Hall–Kier alpha value is -4.77. The molecule has 0 spiro atoms. The smallest absolute Gasteiger partial charge is 0.293 e. The summed E-state index contributed by atoms with van der Waals surface area (Å²) in [5.41, 5.74) is 3.49. The molecule has 1 N–H and O–H groups in total. The van der Waals surface area contributed by atoms with E-state index in [1.165, 1.54) is 9.36 Å². The number of benzene rings is 2. The summed E-state index contributed by atoms with van der Waals surface area (Å²) in [6.45, 7) is 3.48. The van der Waals surface area contributed by atoms with Crippen LogP contribution in [0.15, 0.2) is 97.2 Å². The van der Waals surface area contributed by atoms with Crippen LogP contribution in [-0.2, 0) is 0 Å². The molecule has 1 aliphatic rings. The average Bonchev–Trinajstić information content (AvgIpc) is 3.42. The molecule has 0 radical (unpaired) electrons. The fourth-order valence-electron chi connectivity index (χ4n) is 3.91. The molecule has 2 aromatic carbocycles. The first-order valence-electron chi connectivity index (χ1n) is 11.8. The molecule has 4 aromatic rings. The number of nitrogens with one attached hydrogen (secondary N) is 1. The maximum Gasteiger partial charge on any atom is 0.299 e. The molecule has 11 nitrogen and oxygen atoms in total. The lowest BCUT2D eigenvalue weighted by Gasteiger charge is -2.06. The van der Waals surface area contributed by atoms with Crippen molar-refractivity contribution in [2.24, 2.45) is 25.6 Å². The van der Waals surface area contributed by atoms with Gasteiger partial charge in [-0.15, -0.1) is 20.2 Å². The summed E-state index contributed by atoms with van der Waals surface area (Å²) in [5.74, 6) is 0.0333. The van der Waals surface area contributed by atoms with E-state index < -0.39 is 0 Å². The quantitative estimate of drug-likeness (QED) is 0.192. The Morgan fingerprint density at radius 3 is 2.47 bits per heavy atom. The van der Waals surface area contributed by atoms with Crippen molar-refractivity contribution in [3.05, 3.63) is 98.4 Å². The first kappa shape index (κ1) is 24.9. The molecule has 0 fully saturated rings. The van der Waals surface area contributed by atoms with Crippen molar-refractivity contribution in [3.8, 4) is 5.69 Å². The van der Waals surface area contributed by atoms with E-state index in [2.05, 4.69) is 35.8 Å². The van der Waals surface area contributed by atoms with E-state index in [0.29, 0.717) is 28.5 Å². The molecule has 38 heavy (non-hydrogen) atoms. The molecule has 0 aliphatic heterocycles. The highest BCUT2D eigenvalue weighted by Gasteiger charge is 2.18. The van der Waals surface area contributed by atoms with Crippen molar-refractivity contribution >= 4 is 45.9 Å². The summed E-state index contributed by atoms with van der Waals surface area (Å²) in [6, 6.07) is 14.0. The van der Waals surface area contributed by atoms with Crippen LogP contribution < -0.4 is 5.56 Å². The first-order chi connectivity index (χ1) is 18.5. The lowest BCUT2D eigenvalue weighted by molar-refractivity contribution is 0.847. The van der Waals surface area contributed by atoms with E-state index in [9.17, 15) is 9.70 Å². The number of nitrogens with zero attached hydrogens (tertiary/aromatic N) is 8. The summed E-state index contributed by atoms with van der Waals surface area (Å²) >= 11 is 6.41. The Bertz CT molecular complexity index is 1690. The number of azo groups is 2. The molecule has 1 aliphatic carbocycles. The summed E-state index contributed by atoms with van der Waals surface area (Å²) in [5, 5.41) is 27.5. The van der Waals surface area contributed by atoms with Gasteiger partial charge in [-0.05, 0) is 68.3 Å². The molecular formula is C26H22ClN9O2. The van der Waals surface area contributed by atoms with Crippen molar-refractivity contribution in [1.29, 1.82) is 0 Å². The summed E-state index contributed by atoms with van der Waals surface area (Å²) in [7, 11) is 0. The predicted octanol–water partition coefficient (Wildman–Crippen LogP) is 8.05. The molecule has 0 amide bonds. The standard InChI is InChI=1S/C26H22ClN9O2/c1-16-23(25(34-38)35(32-16)19-9-5-3-6-10-19)30-29-22-14-13-18(15-21(22)27)28-31-24-17(2)33-36(26(24)37)20-11-7-4-8-12-20/h3,5-7,9-15,33H,4,8H2,1-2H3. The SMILES string of the molecule is Cc1nn(-c2ccccc2)c(N=O)c1N=Nc1ccc(N=Nc2c(C)[nH]n(C3=CCCC=C3)c2=O)cc1Cl. The van der Waals surface area contributed by atoms with Crippen molar-refractivity contribution in [3.63, 3.8) is 0 Å². The van der Waals surface area contributed by atoms with Crippen LogP contribution in [0.2, 0.25) is 5.02 Å². The number of para-hydroxylation sites is 1. The van der Waals surface area contributed by atoms with Gasteiger partial charge in [-0.1, -0.05) is 42.0 Å². The van der Waals surface area contributed by atoms with Crippen molar-refractivity contribution in [2.75, 3.05) is 0 Å².